The fraction of sp³-hybridized carbons (Fsp3) is 0.556. The summed E-state index contributed by atoms with van der Waals surface area (Å²) in [5, 5.41) is 12.4. The molecule has 1 aromatic rings. The molecule has 1 heterocycles. The molecule has 6 heteroatoms. The first-order chi connectivity index (χ1) is 7.02. The molecule has 0 bridgehead atoms. The highest BCUT2D eigenvalue weighted by atomic mass is 32.2. The van der Waals surface area contributed by atoms with Gasteiger partial charge in [0.05, 0.1) is 5.69 Å². The maximum Gasteiger partial charge on any atom is 0.321 e. The highest BCUT2D eigenvalue weighted by Crippen LogP contribution is 2.19. The van der Waals surface area contributed by atoms with Crippen LogP contribution in [0.2, 0.25) is 0 Å². The molecule has 1 aromatic heterocycles. The molecule has 0 saturated heterocycles. The van der Waals surface area contributed by atoms with E-state index in [1.54, 1.807) is 0 Å². The van der Waals surface area contributed by atoms with E-state index in [9.17, 15) is 4.79 Å². The minimum Gasteiger partial charge on any atom is -0.480 e. The van der Waals surface area contributed by atoms with E-state index < -0.39 is 12.0 Å². The van der Waals surface area contributed by atoms with Gasteiger partial charge < -0.3 is 15.4 Å². The van der Waals surface area contributed by atoms with Crippen molar-refractivity contribution in [1.82, 2.24) is 5.16 Å². The zero-order chi connectivity index (χ0) is 11.4. The first kappa shape index (κ1) is 12.1. The molecular formula is C9H14N2O3S. The minimum atomic E-state index is -0.971. The molecule has 0 aliphatic carbocycles. The van der Waals surface area contributed by atoms with E-state index in [0.29, 0.717) is 11.5 Å². The molecule has 1 rings (SSSR count). The SMILES string of the molecule is Cc1noc(C)c1CSC[C@H](N)C(=O)O. The van der Waals surface area contributed by atoms with E-state index in [2.05, 4.69) is 5.16 Å². The van der Waals surface area contributed by atoms with Crippen LogP contribution >= 0.6 is 11.8 Å². The molecule has 0 spiro atoms. The zero-order valence-corrected chi connectivity index (χ0v) is 9.50. The maximum absolute atomic E-state index is 10.5. The van der Waals surface area contributed by atoms with Gasteiger partial charge in [0.15, 0.2) is 0 Å². The van der Waals surface area contributed by atoms with Gasteiger partial charge in [0.1, 0.15) is 11.8 Å². The van der Waals surface area contributed by atoms with Gasteiger partial charge in [-0.3, -0.25) is 4.79 Å². The smallest absolute Gasteiger partial charge is 0.321 e. The summed E-state index contributed by atoms with van der Waals surface area (Å²) in [5.41, 5.74) is 7.25. The fourth-order valence-electron chi connectivity index (χ4n) is 1.07. The quantitative estimate of drug-likeness (QED) is 0.782. The molecule has 0 amide bonds. The van der Waals surface area contributed by atoms with Crippen molar-refractivity contribution in [3.63, 3.8) is 0 Å². The Bertz CT molecular complexity index is 332. The average Bonchev–Trinajstić information content (AvgIpc) is 2.48. The fourth-order valence-corrected chi connectivity index (χ4v) is 2.20. The molecule has 0 unspecified atom stereocenters. The number of carboxylic acid groups (broad SMARTS) is 1. The Hall–Kier alpha value is -1.01. The van der Waals surface area contributed by atoms with Crippen molar-refractivity contribution >= 4 is 17.7 Å². The van der Waals surface area contributed by atoms with Crippen molar-refractivity contribution in [3.8, 4) is 0 Å². The van der Waals surface area contributed by atoms with Crippen molar-refractivity contribution in [2.24, 2.45) is 5.73 Å². The van der Waals surface area contributed by atoms with Gasteiger partial charge in [0, 0.05) is 17.1 Å². The van der Waals surface area contributed by atoms with Gasteiger partial charge in [-0.25, -0.2) is 0 Å². The van der Waals surface area contributed by atoms with Crippen LogP contribution < -0.4 is 5.73 Å². The molecule has 0 radical (unpaired) electrons. The molecule has 84 valence electrons. The highest BCUT2D eigenvalue weighted by Gasteiger charge is 2.13. The summed E-state index contributed by atoms with van der Waals surface area (Å²) in [7, 11) is 0. The lowest BCUT2D eigenvalue weighted by atomic mass is 10.2. The highest BCUT2D eigenvalue weighted by molar-refractivity contribution is 7.98. The lowest BCUT2D eigenvalue weighted by molar-refractivity contribution is -0.137. The number of hydrogen-bond donors (Lipinski definition) is 2. The number of carboxylic acids is 1. The Morgan fingerprint density at radius 3 is 2.80 bits per heavy atom. The Labute approximate surface area is 92.0 Å². The first-order valence-corrected chi connectivity index (χ1v) is 5.65. The molecule has 1 atom stereocenters. The predicted molar refractivity (Wildman–Crippen MR) is 57.8 cm³/mol. The van der Waals surface area contributed by atoms with E-state index in [0.717, 1.165) is 17.0 Å². The number of nitrogens with zero attached hydrogens (tertiary/aromatic N) is 1. The zero-order valence-electron chi connectivity index (χ0n) is 8.69. The maximum atomic E-state index is 10.5. The van der Waals surface area contributed by atoms with Crippen molar-refractivity contribution in [2.45, 2.75) is 25.6 Å². The Morgan fingerprint density at radius 1 is 1.67 bits per heavy atom. The topological polar surface area (TPSA) is 89.4 Å². The summed E-state index contributed by atoms with van der Waals surface area (Å²) in [5.74, 6) is 0.881. The third-order valence-corrected chi connectivity index (χ3v) is 3.13. The second kappa shape index (κ2) is 5.18. The standard InChI is InChI=1S/C9H14N2O3S/c1-5-7(6(2)14-11-5)3-15-4-8(10)9(12)13/h8H,3-4,10H2,1-2H3,(H,12,13)/t8-/m0/s1. The summed E-state index contributed by atoms with van der Waals surface area (Å²) in [6.45, 7) is 3.70. The first-order valence-electron chi connectivity index (χ1n) is 4.50. The third kappa shape index (κ3) is 3.24. The Balaban J connectivity index is 2.41. The van der Waals surface area contributed by atoms with Crippen molar-refractivity contribution in [3.05, 3.63) is 17.0 Å². The lowest BCUT2D eigenvalue weighted by Gasteiger charge is -2.05. The van der Waals surface area contributed by atoms with Gasteiger partial charge >= 0.3 is 5.97 Å². The number of nitrogens with two attached hydrogens (primary N) is 1. The monoisotopic (exact) mass is 230 g/mol. The number of rotatable bonds is 5. The molecule has 0 fully saturated rings. The number of aliphatic carboxylic acids is 1. The Morgan fingerprint density at radius 2 is 2.33 bits per heavy atom. The average molecular weight is 230 g/mol. The second-order valence-electron chi connectivity index (χ2n) is 3.26. The molecule has 0 aliphatic rings. The van der Waals surface area contributed by atoms with E-state index in [1.807, 2.05) is 13.8 Å². The van der Waals surface area contributed by atoms with Crippen LogP contribution in [-0.4, -0.2) is 28.0 Å². The summed E-state index contributed by atoms with van der Waals surface area (Å²) in [6.07, 6.45) is 0. The number of thioether (sulfide) groups is 1. The van der Waals surface area contributed by atoms with Crippen LogP contribution in [0.3, 0.4) is 0 Å². The van der Waals surface area contributed by atoms with Crippen LogP contribution in [-0.2, 0) is 10.5 Å². The van der Waals surface area contributed by atoms with Gasteiger partial charge in [-0.05, 0) is 13.8 Å². The number of aromatic nitrogens is 1. The molecule has 5 nitrogen and oxygen atoms in total. The van der Waals surface area contributed by atoms with Gasteiger partial charge in [0.2, 0.25) is 0 Å². The van der Waals surface area contributed by atoms with Gasteiger partial charge in [0.25, 0.3) is 0 Å². The molecule has 0 aliphatic heterocycles. The van der Waals surface area contributed by atoms with E-state index in [-0.39, 0.29) is 0 Å². The minimum absolute atomic E-state index is 0.388. The van der Waals surface area contributed by atoms with Gasteiger partial charge in [-0.1, -0.05) is 5.16 Å². The molecule has 3 N–H and O–H groups in total. The predicted octanol–water partition coefficient (Wildman–Crippen LogP) is 0.937. The van der Waals surface area contributed by atoms with E-state index in [4.69, 9.17) is 15.4 Å². The van der Waals surface area contributed by atoms with Crippen LogP contribution in [0.15, 0.2) is 4.52 Å². The van der Waals surface area contributed by atoms with Crippen LogP contribution in [0.25, 0.3) is 0 Å². The molecule has 15 heavy (non-hydrogen) atoms. The third-order valence-electron chi connectivity index (χ3n) is 2.04. The van der Waals surface area contributed by atoms with Crippen molar-refractivity contribution in [2.75, 3.05) is 5.75 Å². The van der Waals surface area contributed by atoms with E-state index >= 15 is 0 Å². The summed E-state index contributed by atoms with van der Waals surface area (Å²) >= 11 is 1.47. The lowest BCUT2D eigenvalue weighted by Crippen LogP contribution is -2.32. The second-order valence-corrected chi connectivity index (χ2v) is 4.29. The number of hydrogen-bond acceptors (Lipinski definition) is 5. The number of carbonyl (C=O) groups is 1. The molecule has 0 aromatic carbocycles. The van der Waals surface area contributed by atoms with Gasteiger partial charge in [-0.2, -0.15) is 11.8 Å². The van der Waals surface area contributed by atoms with Crippen molar-refractivity contribution < 1.29 is 14.4 Å². The summed E-state index contributed by atoms with van der Waals surface area (Å²) < 4.78 is 4.99. The van der Waals surface area contributed by atoms with E-state index in [1.165, 1.54) is 11.8 Å². The van der Waals surface area contributed by atoms with Crippen molar-refractivity contribution in [1.29, 1.82) is 0 Å². The van der Waals surface area contributed by atoms with Crippen LogP contribution in [0.4, 0.5) is 0 Å². The molecular weight excluding hydrogens is 216 g/mol. The Kier molecular flexibility index (Phi) is 4.16. The normalized spacial score (nSPS) is 12.7. The summed E-state index contributed by atoms with van der Waals surface area (Å²) in [6, 6.07) is -0.810. The van der Waals surface area contributed by atoms with Crippen LogP contribution in [0.1, 0.15) is 17.0 Å². The molecule has 0 saturated carbocycles. The van der Waals surface area contributed by atoms with Gasteiger partial charge in [-0.15, -0.1) is 0 Å². The summed E-state index contributed by atoms with van der Waals surface area (Å²) in [4.78, 5) is 10.5. The van der Waals surface area contributed by atoms with Crippen LogP contribution in [0.5, 0.6) is 0 Å². The van der Waals surface area contributed by atoms with Crippen LogP contribution in [0, 0.1) is 13.8 Å². The number of aryl methyl sites for hydroxylation is 2. The largest absolute Gasteiger partial charge is 0.480 e.